The van der Waals surface area contributed by atoms with Gasteiger partial charge in [-0.2, -0.15) is 5.10 Å². The van der Waals surface area contributed by atoms with Gasteiger partial charge in [0.15, 0.2) is 17.2 Å². The first-order valence-electron chi connectivity index (χ1n) is 12.4. The number of rotatable bonds is 3. The fraction of sp³-hybridized carbons (Fsp3) is 0.100. The number of nitrogens with zero attached hydrogens (tertiary/aromatic N) is 5. The molecule has 0 radical (unpaired) electrons. The average molecular weight is 573 g/mol. The molecule has 0 saturated carbocycles. The first-order valence-corrected chi connectivity index (χ1v) is 13.5. The number of carbonyl (C=O) groups is 1. The summed E-state index contributed by atoms with van der Waals surface area (Å²) in [5, 5.41) is 5.55. The van der Waals surface area contributed by atoms with Gasteiger partial charge in [0.1, 0.15) is 5.16 Å². The molecule has 9 heteroatoms. The van der Waals surface area contributed by atoms with Gasteiger partial charge in [-0.25, -0.2) is 9.67 Å². The third-order valence-electron chi connectivity index (χ3n) is 7.34. The molecule has 0 saturated heterocycles. The first kappa shape index (κ1) is 24.2. The molecule has 3 aliphatic rings. The molecule has 7 rings (SSSR count). The zero-order chi connectivity index (χ0) is 26.9. The van der Waals surface area contributed by atoms with Crippen LogP contribution >= 0.6 is 34.8 Å². The number of anilines is 1. The molecule has 1 aromatic heterocycles. The summed E-state index contributed by atoms with van der Waals surface area (Å²) < 4.78 is 1.75. The van der Waals surface area contributed by atoms with E-state index in [1.807, 2.05) is 91.9 Å². The third kappa shape index (κ3) is 3.32. The highest BCUT2D eigenvalue weighted by atomic mass is 35.5. The van der Waals surface area contributed by atoms with Crippen LogP contribution in [0.4, 0.5) is 11.5 Å². The van der Waals surface area contributed by atoms with Crippen LogP contribution in [0.1, 0.15) is 22.4 Å². The molecule has 1 amide bonds. The maximum Gasteiger partial charge on any atom is 0.263 e. The number of fused-ring (bicyclic) bond motifs is 6. The molecule has 0 bridgehead atoms. The minimum absolute atomic E-state index is 0.169. The zero-order valence-electron chi connectivity index (χ0n) is 20.6. The number of hydrogen-bond acceptors (Lipinski definition) is 4. The first-order chi connectivity index (χ1) is 18.9. The summed E-state index contributed by atoms with van der Waals surface area (Å²) in [5.74, 6) is 0.662. The van der Waals surface area contributed by atoms with E-state index in [1.54, 1.807) is 20.6 Å². The van der Waals surface area contributed by atoms with Crippen molar-refractivity contribution in [1.29, 1.82) is 0 Å². The Balaban J connectivity index is 1.56. The molecule has 39 heavy (non-hydrogen) atoms. The van der Waals surface area contributed by atoms with Crippen molar-refractivity contribution in [3.63, 3.8) is 0 Å². The number of carbonyl (C=O) groups excluding carboxylic acids is 1. The summed E-state index contributed by atoms with van der Waals surface area (Å²) in [6, 6.07) is 27.3. The van der Waals surface area contributed by atoms with E-state index in [-0.39, 0.29) is 21.1 Å². The maximum absolute atomic E-state index is 15.0. The second-order valence-corrected chi connectivity index (χ2v) is 10.7. The number of aliphatic imine (C=N–C) groups is 1. The molecule has 0 fully saturated rings. The molecule has 1 unspecified atom stereocenters. The minimum atomic E-state index is -1.43. The summed E-state index contributed by atoms with van der Waals surface area (Å²) in [5.41, 5.74) is 3.19. The summed E-state index contributed by atoms with van der Waals surface area (Å²) in [4.78, 5) is 23.5. The van der Waals surface area contributed by atoms with Crippen molar-refractivity contribution in [2.45, 2.75) is 19.0 Å². The van der Waals surface area contributed by atoms with Crippen molar-refractivity contribution < 1.29 is 4.79 Å². The van der Waals surface area contributed by atoms with E-state index in [1.165, 1.54) is 0 Å². The highest BCUT2D eigenvalue weighted by Gasteiger charge is 2.63. The standard InChI is InChI=1S/C30H20Cl3N5O/c1-18-25-28(38(35-18)20-12-6-3-7-13-20)34-27-23(32)16-22(31)26(33)37(27)30(25)21-14-8-9-15-24(21)36(29(30)39)17-19-10-4-2-5-11-19/h2-16H,17H2,1H3. The molecule has 3 aromatic carbocycles. The van der Waals surface area contributed by atoms with Gasteiger partial charge >= 0.3 is 0 Å². The molecule has 4 aromatic rings. The predicted molar refractivity (Wildman–Crippen MR) is 155 cm³/mol. The fourth-order valence-electron chi connectivity index (χ4n) is 5.77. The molecule has 192 valence electrons. The lowest BCUT2D eigenvalue weighted by Gasteiger charge is -2.45. The summed E-state index contributed by atoms with van der Waals surface area (Å²) >= 11 is 20.3. The predicted octanol–water partition coefficient (Wildman–Crippen LogP) is 7.10. The SMILES string of the molecule is Cc1nn(-c2ccccc2)c2c1C1(C(=O)N(Cc3ccccc3)c3ccccc31)N1C(=N2)C(Cl)=CC(Cl)=C1Cl. The van der Waals surface area contributed by atoms with E-state index in [9.17, 15) is 0 Å². The Hall–Kier alpha value is -3.84. The van der Waals surface area contributed by atoms with Crippen molar-refractivity contribution in [3.05, 3.63) is 129 Å². The quantitative estimate of drug-likeness (QED) is 0.246. The van der Waals surface area contributed by atoms with Crippen molar-refractivity contribution in [1.82, 2.24) is 14.7 Å². The number of amides is 1. The number of amidine groups is 1. The Kier molecular flexibility index (Phi) is 5.49. The Morgan fingerprint density at radius 3 is 2.28 bits per heavy atom. The van der Waals surface area contributed by atoms with Gasteiger partial charge < -0.3 is 4.90 Å². The van der Waals surface area contributed by atoms with Gasteiger partial charge in [0.05, 0.1) is 39.2 Å². The monoisotopic (exact) mass is 571 g/mol. The fourth-order valence-corrected chi connectivity index (χ4v) is 6.52. The van der Waals surface area contributed by atoms with Crippen LogP contribution in [0.25, 0.3) is 5.69 Å². The van der Waals surface area contributed by atoms with Crippen LogP contribution in [0.15, 0.2) is 111 Å². The van der Waals surface area contributed by atoms with Crippen molar-refractivity contribution in [2.24, 2.45) is 4.99 Å². The van der Waals surface area contributed by atoms with Crippen LogP contribution in [-0.2, 0) is 16.9 Å². The highest BCUT2D eigenvalue weighted by molar-refractivity contribution is 6.49. The Labute approximate surface area is 240 Å². The van der Waals surface area contributed by atoms with E-state index in [2.05, 4.69) is 0 Å². The Bertz CT molecular complexity index is 1760. The highest BCUT2D eigenvalue weighted by Crippen LogP contribution is 2.57. The number of para-hydroxylation sites is 2. The van der Waals surface area contributed by atoms with Crippen LogP contribution in [-0.4, -0.2) is 26.4 Å². The largest absolute Gasteiger partial charge is 0.305 e. The van der Waals surface area contributed by atoms with Crippen LogP contribution in [0, 0.1) is 6.92 Å². The van der Waals surface area contributed by atoms with Crippen LogP contribution < -0.4 is 4.90 Å². The van der Waals surface area contributed by atoms with Gasteiger partial charge in [0.25, 0.3) is 5.91 Å². The van der Waals surface area contributed by atoms with Crippen LogP contribution in [0.3, 0.4) is 0 Å². The second-order valence-electron chi connectivity index (χ2n) is 9.54. The number of hydrogen-bond donors (Lipinski definition) is 0. The van der Waals surface area contributed by atoms with Crippen molar-refractivity contribution in [2.75, 3.05) is 4.90 Å². The maximum atomic E-state index is 15.0. The number of benzene rings is 3. The number of allylic oxidation sites excluding steroid dienone is 2. The number of aromatic nitrogens is 2. The topological polar surface area (TPSA) is 53.7 Å². The van der Waals surface area contributed by atoms with Gasteiger partial charge in [-0.1, -0.05) is 102 Å². The number of aryl methyl sites for hydroxylation is 1. The lowest BCUT2D eigenvalue weighted by atomic mass is 9.80. The lowest BCUT2D eigenvalue weighted by Crippen LogP contribution is -2.57. The summed E-state index contributed by atoms with van der Waals surface area (Å²) in [6.07, 6.45) is 1.56. The van der Waals surface area contributed by atoms with E-state index >= 15 is 4.79 Å². The Morgan fingerprint density at radius 2 is 1.54 bits per heavy atom. The molecular weight excluding hydrogens is 553 g/mol. The molecule has 0 N–H and O–H groups in total. The molecule has 4 heterocycles. The van der Waals surface area contributed by atoms with E-state index in [0.717, 1.165) is 22.5 Å². The molecule has 0 aliphatic carbocycles. The second kappa shape index (κ2) is 8.85. The lowest BCUT2D eigenvalue weighted by molar-refractivity contribution is -0.125. The average Bonchev–Trinajstić information content (AvgIpc) is 3.41. The van der Waals surface area contributed by atoms with E-state index in [4.69, 9.17) is 44.9 Å². The van der Waals surface area contributed by atoms with Gasteiger partial charge in [-0.3, -0.25) is 9.69 Å². The number of halogens is 3. The van der Waals surface area contributed by atoms with E-state index < -0.39 is 5.54 Å². The normalized spacial score (nSPS) is 19.6. The third-order valence-corrected chi connectivity index (χ3v) is 8.38. The van der Waals surface area contributed by atoms with E-state index in [0.29, 0.717) is 29.5 Å². The van der Waals surface area contributed by atoms with Crippen LogP contribution in [0.5, 0.6) is 0 Å². The molecule has 1 atom stereocenters. The van der Waals surface area contributed by atoms with Gasteiger partial charge in [-0.15, -0.1) is 0 Å². The molecule has 3 aliphatic heterocycles. The van der Waals surface area contributed by atoms with Gasteiger partial charge in [-0.05, 0) is 36.8 Å². The summed E-state index contributed by atoms with van der Waals surface area (Å²) in [6.45, 7) is 2.26. The Morgan fingerprint density at radius 1 is 0.872 bits per heavy atom. The zero-order valence-corrected chi connectivity index (χ0v) is 22.9. The van der Waals surface area contributed by atoms with Crippen molar-refractivity contribution >= 4 is 58.1 Å². The minimum Gasteiger partial charge on any atom is -0.305 e. The molecular formula is C30H20Cl3N5O. The molecule has 1 spiro atoms. The van der Waals surface area contributed by atoms with Gasteiger partial charge in [0.2, 0.25) is 0 Å². The van der Waals surface area contributed by atoms with Crippen molar-refractivity contribution in [3.8, 4) is 5.69 Å². The van der Waals surface area contributed by atoms with Gasteiger partial charge in [0, 0.05) is 5.56 Å². The smallest absolute Gasteiger partial charge is 0.263 e. The molecule has 6 nitrogen and oxygen atoms in total. The van der Waals surface area contributed by atoms with Crippen LogP contribution in [0.2, 0.25) is 0 Å². The summed E-state index contributed by atoms with van der Waals surface area (Å²) in [7, 11) is 0.